The molecule has 1 aromatic heterocycles. The Balaban J connectivity index is 2.99. The molecule has 0 aliphatic heterocycles. The number of hydrogen-bond donors (Lipinski definition) is 2. The average molecular weight is 309 g/mol. The molecule has 3 N–H and O–H groups in total. The van der Waals surface area contributed by atoms with Crippen LogP contribution >= 0.6 is 0 Å². The number of nitrogens with zero attached hydrogens (tertiary/aromatic N) is 1. The lowest BCUT2D eigenvalue weighted by Crippen LogP contribution is -2.40. The minimum Gasteiger partial charge on any atom is -0.598 e. The van der Waals surface area contributed by atoms with E-state index in [1.54, 1.807) is 27.7 Å². The summed E-state index contributed by atoms with van der Waals surface area (Å²) >= 11 is -1.41. The van der Waals surface area contributed by atoms with Gasteiger partial charge in [-0.15, -0.1) is 4.72 Å². The first-order valence-corrected chi connectivity index (χ1v) is 7.09. The van der Waals surface area contributed by atoms with Crippen molar-refractivity contribution < 1.29 is 17.7 Å². The molecule has 0 saturated carbocycles. The zero-order valence-corrected chi connectivity index (χ0v) is 12.5. The number of alkyl halides is 3. The molecule has 0 aliphatic carbocycles. The van der Waals surface area contributed by atoms with Crippen molar-refractivity contribution in [1.29, 1.82) is 0 Å². The van der Waals surface area contributed by atoms with Crippen molar-refractivity contribution in [3.05, 3.63) is 23.5 Å². The van der Waals surface area contributed by atoms with Crippen LogP contribution < -0.4 is 10.5 Å². The van der Waals surface area contributed by atoms with Gasteiger partial charge in [-0.2, -0.15) is 13.2 Å². The Morgan fingerprint density at radius 3 is 2.30 bits per heavy atom. The zero-order chi connectivity index (χ0) is 15.7. The molecule has 1 rings (SSSR count). The maximum absolute atomic E-state index is 12.7. The topological polar surface area (TPSA) is 74.0 Å². The molecule has 0 saturated heterocycles. The number of nitrogens with one attached hydrogen (secondary N) is 1. The van der Waals surface area contributed by atoms with Crippen molar-refractivity contribution in [2.75, 3.05) is 5.73 Å². The Kier molecular flexibility index (Phi) is 4.94. The molecule has 114 valence electrons. The zero-order valence-electron chi connectivity index (χ0n) is 11.7. The van der Waals surface area contributed by atoms with Gasteiger partial charge in [0, 0.05) is 17.0 Å². The van der Waals surface area contributed by atoms with Crippen LogP contribution in [0.3, 0.4) is 0 Å². The summed E-state index contributed by atoms with van der Waals surface area (Å²) in [7, 11) is 0. The third-order valence-corrected chi connectivity index (χ3v) is 4.12. The van der Waals surface area contributed by atoms with Crippen LogP contribution in [0.25, 0.3) is 0 Å². The highest BCUT2D eigenvalue weighted by atomic mass is 32.2. The summed E-state index contributed by atoms with van der Waals surface area (Å²) in [5.41, 5.74) is 4.49. The molecule has 0 spiro atoms. The van der Waals surface area contributed by atoms with Crippen LogP contribution in [0.5, 0.6) is 0 Å². The quantitative estimate of drug-likeness (QED) is 0.842. The highest BCUT2D eigenvalue weighted by Gasteiger charge is 2.34. The second-order valence-corrected chi connectivity index (χ2v) is 7.43. The summed E-state index contributed by atoms with van der Waals surface area (Å²) in [6, 6.07) is 1.50. The van der Waals surface area contributed by atoms with E-state index >= 15 is 0 Å². The lowest BCUT2D eigenvalue weighted by molar-refractivity contribution is -0.141. The largest absolute Gasteiger partial charge is 0.598 e. The molecule has 1 aromatic rings. The molecule has 8 heteroatoms. The predicted octanol–water partition coefficient (Wildman–Crippen LogP) is 2.80. The molecule has 1 heterocycles. The second-order valence-electron chi connectivity index (χ2n) is 5.43. The lowest BCUT2D eigenvalue weighted by atomic mass is 10.2. The second kappa shape index (κ2) is 5.79. The van der Waals surface area contributed by atoms with Gasteiger partial charge in [0.2, 0.25) is 0 Å². The van der Waals surface area contributed by atoms with Crippen LogP contribution in [-0.2, 0) is 17.5 Å². The molecule has 0 radical (unpaired) electrons. The van der Waals surface area contributed by atoms with Gasteiger partial charge in [0.1, 0.15) is 10.4 Å². The Bertz CT molecular complexity index is 474. The van der Waals surface area contributed by atoms with Crippen LogP contribution in [0.1, 0.15) is 45.1 Å². The number of hydrogen-bond acceptors (Lipinski definition) is 4. The molecule has 0 unspecified atom stereocenters. The molecular formula is C12H18F3N3OS. The fraction of sp³-hybridized carbons (Fsp3) is 0.583. The molecule has 4 nitrogen and oxygen atoms in total. The third-order valence-electron chi connectivity index (χ3n) is 2.44. The first-order chi connectivity index (χ1) is 8.91. The van der Waals surface area contributed by atoms with E-state index in [0.29, 0.717) is 0 Å². The van der Waals surface area contributed by atoms with Gasteiger partial charge in [-0.05, 0) is 39.8 Å². The van der Waals surface area contributed by atoms with E-state index in [9.17, 15) is 17.7 Å². The molecule has 0 aromatic carbocycles. The molecule has 2 atom stereocenters. The number of halogens is 3. The maximum Gasteiger partial charge on any atom is 0.433 e. The van der Waals surface area contributed by atoms with Crippen LogP contribution in [0, 0.1) is 0 Å². The van der Waals surface area contributed by atoms with Crippen LogP contribution in [-0.4, -0.2) is 14.3 Å². The van der Waals surface area contributed by atoms with Crippen molar-refractivity contribution in [2.24, 2.45) is 0 Å². The minimum absolute atomic E-state index is 0.0301. The van der Waals surface area contributed by atoms with E-state index < -0.39 is 34.0 Å². The SMILES string of the molecule is C[C@@H](N[S@+]([O-])C(C)(C)C)c1cc(N)cc(C(F)(F)F)n1. The summed E-state index contributed by atoms with van der Waals surface area (Å²) in [5.74, 6) is 0. The average Bonchev–Trinajstić information content (AvgIpc) is 2.25. The summed E-state index contributed by atoms with van der Waals surface area (Å²) < 4.78 is 52.1. The van der Waals surface area contributed by atoms with Crippen LogP contribution in [0.2, 0.25) is 0 Å². The van der Waals surface area contributed by atoms with Gasteiger partial charge in [0.25, 0.3) is 0 Å². The number of pyridine rings is 1. The summed E-state index contributed by atoms with van der Waals surface area (Å²) in [5, 5.41) is 0. The van der Waals surface area contributed by atoms with E-state index in [1.807, 2.05) is 0 Å². The number of anilines is 1. The van der Waals surface area contributed by atoms with Crippen molar-refractivity contribution in [3.8, 4) is 0 Å². The summed E-state index contributed by atoms with van der Waals surface area (Å²) in [6.45, 7) is 6.87. The highest BCUT2D eigenvalue weighted by molar-refractivity contribution is 7.90. The maximum atomic E-state index is 12.7. The van der Waals surface area contributed by atoms with E-state index in [-0.39, 0.29) is 11.4 Å². The Hall–Kier alpha value is -0.990. The van der Waals surface area contributed by atoms with Crippen LogP contribution in [0.15, 0.2) is 12.1 Å². The first kappa shape index (κ1) is 17.1. The molecule has 0 aliphatic rings. The number of nitrogen functional groups attached to an aromatic ring is 1. The molecule has 0 fully saturated rings. The fourth-order valence-electron chi connectivity index (χ4n) is 1.34. The summed E-state index contributed by atoms with van der Waals surface area (Å²) in [4.78, 5) is 3.54. The minimum atomic E-state index is -4.56. The van der Waals surface area contributed by atoms with Gasteiger partial charge in [-0.3, -0.25) is 0 Å². The molecule has 0 bridgehead atoms. The number of rotatable bonds is 3. The fourth-order valence-corrected chi connectivity index (χ4v) is 2.13. The van der Waals surface area contributed by atoms with Crippen molar-refractivity contribution in [3.63, 3.8) is 0 Å². The van der Waals surface area contributed by atoms with Crippen molar-refractivity contribution >= 4 is 17.0 Å². The standard InChI is InChI=1S/C12H18F3N3OS/c1-7(18-20(19)11(2,3)4)9-5-8(16)6-10(17-9)12(13,14)15/h5-7,18H,1-4H3,(H2,16,17)/t7-,20-/m1/s1. The van der Waals surface area contributed by atoms with Gasteiger partial charge in [0.05, 0.1) is 11.7 Å². The van der Waals surface area contributed by atoms with Gasteiger partial charge >= 0.3 is 6.18 Å². The van der Waals surface area contributed by atoms with E-state index in [1.165, 1.54) is 6.07 Å². The predicted molar refractivity (Wildman–Crippen MR) is 73.1 cm³/mol. The van der Waals surface area contributed by atoms with E-state index in [0.717, 1.165) is 6.07 Å². The number of aromatic nitrogens is 1. The normalized spacial score (nSPS) is 16.0. The van der Waals surface area contributed by atoms with Gasteiger partial charge in [-0.25, -0.2) is 4.98 Å². The third kappa shape index (κ3) is 4.53. The smallest absolute Gasteiger partial charge is 0.433 e. The van der Waals surface area contributed by atoms with Crippen LogP contribution in [0.4, 0.5) is 18.9 Å². The molecular weight excluding hydrogens is 291 g/mol. The monoisotopic (exact) mass is 309 g/mol. The lowest BCUT2D eigenvalue weighted by Gasteiger charge is -2.26. The van der Waals surface area contributed by atoms with Crippen molar-refractivity contribution in [2.45, 2.75) is 44.7 Å². The number of nitrogens with two attached hydrogens (primary N) is 1. The van der Waals surface area contributed by atoms with Gasteiger partial charge in [-0.1, -0.05) is 0 Å². The Labute approximate surface area is 119 Å². The van der Waals surface area contributed by atoms with Gasteiger partial charge < -0.3 is 10.3 Å². The van der Waals surface area contributed by atoms with E-state index in [4.69, 9.17) is 5.73 Å². The summed E-state index contributed by atoms with van der Waals surface area (Å²) in [6.07, 6.45) is -4.56. The first-order valence-electron chi connectivity index (χ1n) is 5.94. The Morgan fingerprint density at radius 1 is 1.30 bits per heavy atom. The molecule has 0 amide bonds. The Morgan fingerprint density at radius 2 is 1.85 bits per heavy atom. The van der Waals surface area contributed by atoms with Gasteiger partial charge in [0.15, 0.2) is 0 Å². The molecule has 20 heavy (non-hydrogen) atoms. The van der Waals surface area contributed by atoms with E-state index in [2.05, 4.69) is 9.71 Å². The highest BCUT2D eigenvalue weighted by Crippen LogP contribution is 2.30. The van der Waals surface area contributed by atoms with Crippen molar-refractivity contribution in [1.82, 2.24) is 9.71 Å².